The zero-order valence-corrected chi connectivity index (χ0v) is 18.3. The van der Waals surface area contributed by atoms with Crippen LogP contribution in [0.3, 0.4) is 0 Å². The van der Waals surface area contributed by atoms with E-state index in [9.17, 15) is 19.7 Å². The molecule has 0 saturated carbocycles. The van der Waals surface area contributed by atoms with E-state index in [0.29, 0.717) is 15.5 Å². The van der Waals surface area contributed by atoms with Crippen LogP contribution < -0.4 is 10.2 Å². The summed E-state index contributed by atoms with van der Waals surface area (Å²) in [4.78, 5) is 35.3. The Kier molecular flexibility index (Phi) is 6.43. The monoisotopic (exact) mass is 479 g/mol. The van der Waals surface area contributed by atoms with Gasteiger partial charge in [0.15, 0.2) is 0 Å². The maximum absolute atomic E-state index is 12.6. The van der Waals surface area contributed by atoms with Gasteiger partial charge in [0.05, 0.1) is 16.2 Å². The standard InChI is InChI=1S/C23H14ClN3O5S/c24-20-18-9-1-2-10-19(18)33-21(20)23(29)32-17-8-3-5-14(11-17)13-25-26-22(28)15-6-4-7-16(12-15)27(30)31/h1-13H,(H,26,28). The number of amides is 1. The van der Waals surface area contributed by atoms with Crippen molar-refractivity contribution in [1.82, 2.24) is 5.43 Å². The molecule has 164 valence electrons. The van der Waals surface area contributed by atoms with Crippen LogP contribution in [0.1, 0.15) is 25.6 Å². The highest BCUT2D eigenvalue weighted by atomic mass is 35.5. The number of nitrogens with zero attached hydrogens (tertiary/aromatic N) is 2. The molecule has 0 aliphatic heterocycles. The van der Waals surface area contributed by atoms with Crippen LogP contribution in [0.5, 0.6) is 5.75 Å². The minimum absolute atomic E-state index is 0.101. The summed E-state index contributed by atoms with van der Waals surface area (Å²) in [5.41, 5.74) is 2.77. The SMILES string of the molecule is O=C(NN=Cc1cccc(OC(=O)c2sc3ccccc3c2Cl)c1)c1cccc([N+](=O)[O-])c1. The smallest absolute Gasteiger partial charge is 0.355 e. The number of ether oxygens (including phenoxy) is 1. The maximum Gasteiger partial charge on any atom is 0.355 e. The maximum atomic E-state index is 12.6. The molecule has 0 radical (unpaired) electrons. The Hall–Kier alpha value is -4.08. The second kappa shape index (κ2) is 9.60. The molecule has 1 heterocycles. The van der Waals surface area contributed by atoms with Crippen molar-refractivity contribution in [2.75, 3.05) is 0 Å². The van der Waals surface area contributed by atoms with Gasteiger partial charge in [0, 0.05) is 27.8 Å². The van der Waals surface area contributed by atoms with E-state index in [1.165, 1.54) is 35.8 Å². The summed E-state index contributed by atoms with van der Waals surface area (Å²) < 4.78 is 6.34. The minimum atomic E-state index is -0.600. The first-order valence-electron chi connectivity index (χ1n) is 9.49. The predicted molar refractivity (Wildman–Crippen MR) is 126 cm³/mol. The lowest BCUT2D eigenvalue weighted by atomic mass is 10.2. The van der Waals surface area contributed by atoms with Gasteiger partial charge in [-0.3, -0.25) is 14.9 Å². The lowest BCUT2D eigenvalue weighted by molar-refractivity contribution is -0.384. The molecule has 8 nitrogen and oxygen atoms in total. The summed E-state index contributed by atoms with van der Waals surface area (Å²) in [6, 6.07) is 19.3. The van der Waals surface area contributed by atoms with Crippen LogP contribution in [-0.2, 0) is 0 Å². The van der Waals surface area contributed by atoms with E-state index in [0.717, 1.165) is 16.2 Å². The van der Waals surface area contributed by atoms with Crippen molar-refractivity contribution in [2.24, 2.45) is 5.10 Å². The molecule has 4 rings (SSSR count). The second-order valence-corrected chi connectivity index (χ2v) is 8.14. The molecule has 1 amide bonds. The molecule has 1 aromatic heterocycles. The van der Waals surface area contributed by atoms with Gasteiger partial charge in [-0.1, -0.05) is 48.0 Å². The van der Waals surface area contributed by atoms with Crippen LogP contribution in [0.15, 0.2) is 77.9 Å². The number of hydrogen-bond donors (Lipinski definition) is 1. The van der Waals surface area contributed by atoms with Crippen molar-refractivity contribution in [2.45, 2.75) is 0 Å². The number of nitro groups is 1. The van der Waals surface area contributed by atoms with Gasteiger partial charge in [-0.05, 0) is 29.8 Å². The summed E-state index contributed by atoms with van der Waals surface area (Å²) in [6.07, 6.45) is 1.36. The van der Waals surface area contributed by atoms with Crippen molar-refractivity contribution in [3.8, 4) is 5.75 Å². The van der Waals surface area contributed by atoms with Crippen molar-refractivity contribution < 1.29 is 19.2 Å². The molecule has 10 heteroatoms. The molecule has 0 bridgehead atoms. The Morgan fingerprint density at radius 1 is 1.06 bits per heavy atom. The highest BCUT2D eigenvalue weighted by Gasteiger charge is 2.19. The Morgan fingerprint density at radius 3 is 2.64 bits per heavy atom. The van der Waals surface area contributed by atoms with Crippen molar-refractivity contribution in [1.29, 1.82) is 0 Å². The largest absolute Gasteiger partial charge is 0.422 e. The van der Waals surface area contributed by atoms with Gasteiger partial charge >= 0.3 is 5.97 Å². The Labute approximate surface area is 196 Å². The molecule has 3 aromatic carbocycles. The molecule has 0 spiro atoms. The quantitative estimate of drug-likeness (QED) is 0.130. The summed E-state index contributed by atoms with van der Waals surface area (Å²) in [7, 11) is 0. The number of thiophene rings is 1. The summed E-state index contributed by atoms with van der Waals surface area (Å²) in [5, 5.41) is 15.8. The van der Waals surface area contributed by atoms with E-state index < -0.39 is 16.8 Å². The fourth-order valence-corrected chi connectivity index (χ4v) is 4.33. The number of nitro benzene ring substituents is 1. The minimum Gasteiger partial charge on any atom is -0.422 e. The highest BCUT2D eigenvalue weighted by Crippen LogP contribution is 2.35. The lowest BCUT2D eigenvalue weighted by Gasteiger charge is -2.04. The zero-order chi connectivity index (χ0) is 23.4. The fourth-order valence-electron chi connectivity index (χ4n) is 2.95. The molecule has 33 heavy (non-hydrogen) atoms. The van der Waals surface area contributed by atoms with E-state index in [4.69, 9.17) is 16.3 Å². The molecule has 0 aliphatic rings. The number of non-ortho nitro benzene ring substituents is 1. The summed E-state index contributed by atoms with van der Waals surface area (Å²) >= 11 is 7.59. The molecule has 0 saturated heterocycles. The molecule has 1 N–H and O–H groups in total. The molecule has 0 unspecified atom stereocenters. The van der Waals surface area contributed by atoms with Crippen LogP contribution in [0, 0.1) is 10.1 Å². The molecular formula is C23H14ClN3O5S. The lowest BCUT2D eigenvalue weighted by Crippen LogP contribution is -2.17. The predicted octanol–water partition coefficient (Wildman–Crippen LogP) is 5.45. The number of rotatable bonds is 6. The number of halogens is 1. The number of benzene rings is 3. The van der Waals surface area contributed by atoms with Crippen molar-refractivity contribution in [3.05, 3.63) is 104 Å². The third-order valence-electron chi connectivity index (χ3n) is 4.49. The number of carbonyl (C=O) groups is 2. The molecular weight excluding hydrogens is 466 g/mol. The first-order chi connectivity index (χ1) is 15.9. The molecule has 4 aromatic rings. The fraction of sp³-hybridized carbons (Fsp3) is 0. The zero-order valence-electron chi connectivity index (χ0n) is 16.7. The average molecular weight is 480 g/mol. The van der Waals surface area contributed by atoms with Gasteiger partial charge in [-0.25, -0.2) is 10.2 Å². The average Bonchev–Trinajstić information content (AvgIpc) is 3.16. The van der Waals surface area contributed by atoms with Gasteiger partial charge in [0.25, 0.3) is 11.6 Å². The van der Waals surface area contributed by atoms with Gasteiger partial charge in [-0.15, -0.1) is 11.3 Å². The van der Waals surface area contributed by atoms with Gasteiger partial charge in [0.1, 0.15) is 10.6 Å². The van der Waals surface area contributed by atoms with E-state index in [1.807, 2.05) is 24.3 Å². The molecule has 0 aliphatic carbocycles. The van der Waals surface area contributed by atoms with Crippen LogP contribution in [0.25, 0.3) is 10.1 Å². The first kappa shape index (κ1) is 22.1. The third-order valence-corrected chi connectivity index (χ3v) is 6.14. The van der Waals surface area contributed by atoms with E-state index in [1.54, 1.807) is 24.3 Å². The van der Waals surface area contributed by atoms with Crippen LogP contribution >= 0.6 is 22.9 Å². The normalized spacial score (nSPS) is 10.9. The summed E-state index contributed by atoms with van der Waals surface area (Å²) in [5.74, 6) is -0.895. The van der Waals surface area contributed by atoms with E-state index >= 15 is 0 Å². The van der Waals surface area contributed by atoms with Crippen molar-refractivity contribution in [3.63, 3.8) is 0 Å². The molecule has 0 fully saturated rings. The number of carbonyl (C=O) groups excluding carboxylic acids is 2. The molecule has 0 atom stereocenters. The van der Waals surface area contributed by atoms with Gasteiger partial charge in [0.2, 0.25) is 0 Å². The Morgan fingerprint density at radius 2 is 1.85 bits per heavy atom. The van der Waals surface area contributed by atoms with Crippen LogP contribution in [0.4, 0.5) is 5.69 Å². The number of hydrogen-bond acceptors (Lipinski definition) is 7. The van der Waals surface area contributed by atoms with E-state index in [2.05, 4.69) is 10.5 Å². The third kappa shape index (κ3) is 5.05. The topological polar surface area (TPSA) is 111 Å². The van der Waals surface area contributed by atoms with Gasteiger partial charge in [-0.2, -0.15) is 5.10 Å². The summed E-state index contributed by atoms with van der Waals surface area (Å²) in [6.45, 7) is 0. The highest BCUT2D eigenvalue weighted by molar-refractivity contribution is 7.21. The number of esters is 1. The second-order valence-electron chi connectivity index (χ2n) is 6.71. The van der Waals surface area contributed by atoms with Crippen molar-refractivity contribution >= 4 is 56.8 Å². The Balaban J connectivity index is 1.43. The van der Waals surface area contributed by atoms with E-state index in [-0.39, 0.29) is 17.0 Å². The van der Waals surface area contributed by atoms with Gasteiger partial charge < -0.3 is 4.74 Å². The van der Waals surface area contributed by atoms with Crippen LogP contribution in [-0.4, -0.2) is 23.0 Å². The number of hydrazone groups is 1. The van der Waals surface area contributed by atoms with Crippen LogP contribution in [0.2, 0.25) is 5.02 Å². The first-order valence-corrected chi connectivity index (χ1v) is 10.7. The Bertz CT molecular complexity index is 1420. The number of fused-ring (bicyclic) bond motifs is 1. The number of nitrogens with one attached hydrogen (secondary N) is 1.